The highest BCUT2D eigenvalue weighted by Gasteiger charge is 2.19. The van der Waals surface area contributed by atoms with Gasteiger partial charge in [-0.2, -0.15) is 0 Å². The number of carbonyl (C=O) groups is 2. The lowest BCUT2D eigenvalue weighted by Crippen LogP contribution is -2.44. The Morgan fingerprint density at radius 1 is 0.975 bits per heavy atom. The highest BCUT2D eigenvalue weighted by Crippen LogP contribution is 2.18. The van der Waals surface area contributed by atoms with Gasteiger partial charge in [0.25, 0.3) is 11.5 Å². The smallest absolute Gasteiger partial charge is 0.331 e. The Balaban J connectivity index is 1.63. The quantitative estimate of drug-likeness (QED) is 0.423. The molecule has 11 heteroatoms. The van der Waals surface area contributed by atoms with Crippen molar-refractivity contribution in [1.29, 1.82) is 0 Å². The van der Waals surface area contributed by atoms with E-state index in [1.165, 1.54) is 23.0 Å². The van der Waals surface area contributed by atoms with Gasteiger partial charge in [0.15, 0.2) is 0 Å². The molecule has 2 heterocycles. The van der Waals surface area contributed by atoms with Crippen LogP contribution in [0.15, 0.2) is 52.1 Å². The van der Waals surface area contributed by atoms with Crippen LogP contribution in [0.1, 0.15) is 42.6 Å². The lowest BCUT2D eigenvalue weighted by molar-refractivity contribution is 0.0827. The van der Waals surface area contributed by atoms with Crippen molar-refractivity contribution in [2.45, 2.75) is 38.8 Å². The highest BCUT2D eigenvalue weighted by atomic mass is 16.5. The molecule has 214 valence electrons. The molecule has 1 fully saturated rings. The van der Waals surface area contributed by atoms with E-state index >= 15 is 0 Å². The molecule has 0 aliphatic carbocycles. The molecule has 2 aromatic carbocycles. The van der Waals surface area contributed by atoms with Gasteiger partial charge in [-0.3, -0.25) is 18.7 Å². The number of nitrogens with one attached hydrogen (secondary N) is 2. The fraction of sp³-hybridized carbons (Fsp3) is 0.448. The van der Waals surface area contributed by atoms with Crippen molar-refractivity contribution in [3.05, 3.63) is 68.9 Å². The number of ether oxygens (including phenoxy) is 1. The number of rotatable bonds is 9. The van der Waals surface area contributed by atoms with E-state index in [9.17, 15) is 19.2 Å². The first-order valence-corrected chi connectivity index (χ1v) is 13.6. The van der Waals surface area contributed by atoms with E-state index < -0.39 is 17.6 Å². The number of likely N-dealkylation sites (tertiary alicyclic amines) is 1. The van der Waals surface area contributed by atoms with Crippen molar-refractivity contribution >= 4 is 34.2 Å². The summed E-state index contributed by atoms with van der Waals surface area (Å²) in [7, 11) is 4.85. The minimum Gasteiger partial charge on any atom is -0.383 e. The molecule has 0 spiro atoms. The Kier molecular flexibility index (Phi) is 9.38. The number of urea groups is 1. The average Bonchev–Trinajstić information content (AvgIpc) is 2.93. The molecular formula is C29H38N6O5. The standard InChI is InChI=1S/C29H38N6O5/c1-20(19-40-4)35-27(37)24-18-23(31-28(38)30-22-10-8-9-21(17-22)26(36)32(2)3)11-12-25(24)34(29(35)39)16-15-33-13-6-5-7-14-33/h8-12,17-18,20H,5-7,13-16,19H2,1-4H3,(H2,30,31,38)/t20-/m1/s1. The summed E-state index contributed by atoms with van der Waals surface area (Å²) in [6.07, 6.45) is 3.52. The first kappa shape index (κ1) is 29.0. The van der Waals surface area contributed by atoms with Crippen molar-refractivity contribution in [2.75, 3.05) is 58.1 Å². The normalized spacial score (nSPS) is 14.6. The summed E-state index contributed by atoms with van der Waals surface area (Å²) in [5.41, 5.74) is 1.01. The zero-order valence-electron chi connectivity index (χ0n) is 23.6. The maximum Gasteiger partial charge on any atom is 0.331 e. The van der Waals surface area contributed by atoms with Crippen LogP contribution < -0.4 is 21.9 Å². The van der Waals surface area contributed by atoms with Crippen LogP contribution in [0.25, 0.3) is 10.9 Å². The van der Waals surface area contributed by atoms with Crippen LogP contribution >= 0.6 is 0 Å². The van der Waals surface area contributed by atoms with E-state index in [2.05, 4.69) is 15.5 Å². The molecule has 1 aliphatic heterocycles. The third kappa shape index (κ3) is 6.60. The number of piperidine rings is 1. The third-order valence-corrected chi connectivity index (χ3v) is 7.14. The summed E-state index contributed by atoms with van der Waals surface area (Å²) < 4.78 is 8.12. The fourth-order valence-electron chi connectivity index (χ4n) is 5.10. The second-order valence-corrected chi connectivity index (χ2v) is 10.4. The Morgan fingerprint density at radius 2 is 1.68 bits per heavy atom. The first-order valence-electron chi connectivity index (χ1n) is 13.6. The number of methoxy groups -OCH3 is 1. The maximum atomic E-state index is 13.5. The molecule has 4 rings (SSSR count). The zero-order chi connectivity index (χ0) is 28.8. The third-order valence-electron chi connectivity index (χ3n) is 7.14. The van der Waals surface area contributed by atoms with Gasteiger partial charge in [-0.1, -0.05) is 12.5 Å². The molecule has 1 aromatic heterocycles. The number of benzene rings is 2. The summed E-state index contributed by atoms with van der Waals surface area (Å²) in [5.74, 6) is -0.177. The summed E-state index contributed by atoms with van der Waals surface area (Å²) in [6.45, 7) is 5.15. The van der Waals surface area contributed by atoms with Crippen LogP contribution in [-0.2, 0) is 11.3 Å². The van der Waals surface area contributed by atoms with Crippen molar-refractivity contribution in [3.8, 4) is 0 Å². The highest BCUT2D eigenvalue weighted by molar-refractivity contribution is 6.02. The molecule has 0 bridgehead atoms. The number of hydrogen-bond donors (Lipinski definition) is 2. The molecule has 11 nitrogen and oxygen atoms in total. The second-order valence-electron chi connectivity index (χ2n) is 10.4. The van der Waals surface area contributed by atoms with E-state index in [4.69, 9.17) is 4.74 Å². The van der Waals surface area contributed by atoms with Crippen LogP contribution in [0.4, 0.5) is 16.2 Å². The van der Waals surface area contributed by atoms with E-state index in [0.717, 1.165) is 25.9 Å². The SMILES string of the molecule is COC[C@@H](C)n1c(=O)c2cc(NC(=O)Nc3cccc(C(=O)N(C)C)c3)ccc2n(CCN2CCCCC2)c1=O. The number of anilines is 2. The predicted molar refractivity (Wildman–Crippen MR) is 156 cm³/mol. The number of hydrogen-bond acceptors (Lipinski definition) is 6. The first-order chi connectivity index (χ1) is 19.2. The summed E-state index contributed by atoms with van der Waals surface area (Å²) in [5, 5.41) is 5.82. The van der Waals surface area contributed by atoms with Crippen molar-refractivity contribution in [1.82, 2.24) is 18.9 Å². The Labute approximate surface area is 233 Å². The molecule has 0 radical (unpaired) electrons. The van der Waals surface area contributed by atoms with Crippen LogP contribution in [0.2, 0.25) is 0 Å². The van der Waals surface area contributed by atoms with Gasteiger partial charge in [0.2, 0.25) is 0 Å². The minimum atomic E-state index is -0.528. The summed E-state index contributed by atoms with van der Waals surface area (Å²) >= 11 is 0. The van der Waals surface area contributed by atoms with Gasteiger partial charge < -0.3 is 25.2 Å². The number of carbonyl (C=O) groups excluding carboxylic acids is 2. The minimum absolute atomic E-state index is 0.177. The number of aromatic nitrogens is 2. The van der Waals surface area contributed by atoms with Crippen molar-refractivity contribution in [3.63, 3.8) is 0 Å². The van der Waals surface area contributed by atoms with Crippen molar-refractivity contribution < 1.29 is 14.3 Å². The molecule has 3 aromatic rings. The molecule has 1 saturated heterocycles. The van der Waals surface area contributed by atoms with Gasteiger partial charge in [-0.25, -0.2) is 9.59 Å². The van der Waals surface area contributed by atoms with Gasteiger partial charge in [-0.05, 0) is 69.3 Å². The molecule has 2 N–H and O–H groups in total. The lowest BCUT2D eigenvalue weighted by atomic mass is 10.1. The monoisotopic (exact) mass is 550 g/mol. The molecular weight excluding hydrogens is 512 g/mol. The Bertz CT molecular complexity index is 1490. The van der Waals surface area contributed by atoms with Gasteiger partial charge in [0.1, 0.15) is 0 Å². The number of nitrogens with zero attached hydrogens (tertiary/aromatic N) is 4. The number of fused-ring (bicyclic) bond motifs is 1. The van der Waals surface area contributed by atoms with Gasteiger partial charge in [-0.15, -0.1) is 0 Å². The summed E-state index contributed by atoms with van der Waals surface area (Å²) in [4.78, 5) is 55.9. The largest absolute Gasteiger partial charge is 0.383 e. The predicted octanol–water partition coefficient (Wildman–Crippen LogP) is 3.20. The van der Waals surface area contributed by atoms with E-state index in [-0.39, 0.29) is 18.2 Å². The van der Waals surface area contributed by atoms with Crippen LogP contribution in [0, 0.1) is 0 Å². The van der Waals surface area contributed by atoms with Crippen LogP contribution in [0.3, 0.4) is 0 Å². The Morgan fingerprint density at radius 3 is 2.35 bits per heavy atom. The average molecular weight is 551 g/mol. The molecule has 1 aliphatic rings. The van der Waals surface area contributed by atoms with Crippen molar-refractivity contribution in [2.24, 2.45) is 0 Å². The van der Waals surface area contributed by atoms with Gasteiger partial charge >= 0.3 is 11.7 Å². The van der Waals surface area contributed by atoms with E-state index in [0.29, 0.717) is 40.9 Å². The molecule has 0 unspecified atom stereocenters. The van der Waals surface area contributed by atoms with Gasteiger partial charge in [0.05, 0.1) is 23.6 Å². The van der Waals surface area contributed by atoms with E-state index in [1.807, 2.05) is 0 Å². The van der Waals surface area contributed by atoms with Crippen LogP contribution in [-0.4, -0.2) is 78.3 Å². The fourth-order valence-corrected chi connectivity index (χ4v) is 5.10. The lowest BCUT2D eigenvalue weighted by Gasteiger charge is -2.27. The molecule has 0 saturated carbocycles. The zero-order valence-corrected chi connectivity index (χ0v) is 23.6. The number of amides is 3. The molecule has 40 heavy (non-hydrogen) atoms. The molecule has 3 amide bonds. The topological polar surface area (TPSA) is 118 Å². The van der Waals surface area contributed by atoms with E-state index in [1.54, 1.807) is 68.1 Å². The van der Waals surface area contributed by atoms with Crippen LogP contribution in [0.5, 0.6) is 0 Å². The maximum absolute atomic E-state index is 13.5. The Hall–Kier alpha value is -3.96. The molecule has 1 atom stereocenters. The summed E-state index contributed by atoms with van der Waals surface area (Å²) in [6, 6.07) is 10.6. The van der Waals surface area contributed by atoms with Gasteiger partial charge in [0, 0.05) is 51.2 Å². The second kappa shape index (κ2) is 12.9.